The van der Waals surface area contributed by atoms with Crippen LogP contribution < -0.4 is 19.6 Å². The fourth-order valence-corrected chi connectivity index (χ4v) is 6.90. The molecule has 0 spiro atoms. The first-order valence-electron chi connectivity index (χ1n) is 14.9. The summed E-state index contributed by atoms with van der Waals surface area (Å²) in [5.41, 5.74) is 0. The van der Waals surface area contributed by atoms with Gasteiger partial charge in [0.05, 0.1) is 20.1 Å². The van der Waals surface area contributed by atoms with E-state index in [2.05, 4.69) is 39.5 Å². The molecule has 0 saturated carbocycles. The third kappa shape index (κ3) is 9.03. The van der Waals surface area contributed by atoms with Crippen LogP contribution >= 0.6 is 92.8 Å². The molecule has 0 aromatic carbocycles. The lowest BCUT2D eigenvalue weighted by atomic mass is 10.2. The van der Waals surface area contributed by atoms with E-state index in [-0.39, 0.29) is 0 Å². The van der Waals surface area contributed by atoms with Gasteiger partial charge < -0.3 is 19.6 Å². The molecule has 4 aromatic rings. The second-order valence-electron chi connectivity index (χ2n) is 10.7. The largest absolute Gasteiger partial charge is 0.355 e. The van der Waals surface area contributed by atoms with E-state index in [1.807, 2.05) is 0 Å². The minimum absolute atomic E-state index is 0.385. The molecule has 4 aromatic heterocycles. The third-order valence-corrected chi connectivity index (χ3v) is 10.8. The summed E-state index contributed by atoms with van der Waals surface area (Å²) in [4.78, 5) is 26.9. The van der Waals surface area contributed by atoms with Crippen LogP contribution in [-0.4, -0.2) is 72.3 Å². The molecule has 47 heavy (non-hydrogen) atoms. The summed E-state index contributed by atoms with van der Waals surface area (Å²) >= 11 is 52.4. The Morgan fingerprint density at radius 1 is 0.340 bits per heavy atom. The predicted octanol–water partition coefficient (Wildman–Crippen LogP) is 10.0. The fourth-order valence-electron chi connectivity index (χ4n) is 5.41. The maximum absolute atomic E-state index is 6.70. The van der Waals surface area contributed by atoms with E-state index in [0.717, 1.165) is 19.3 Å². The van der Waals surface area contributed by atoms with Gasteiger partial charge in [0, 0.05) is 77.1 Å². The van der Waals surface area contributed by atoms with Crippen LogP contribution in [0.1, 0.15) is 19.3 Å². The van der Waals surface area contributed by atoms with E-state index in [0.29, 0.717) is 116 Å². The van der Waals surface area contributed by atoms with Crippen LogP contribution in [0.3, 0.4) is 0 Å². The van der Waals surface area contributed by atoms with E-state index in [1.165, 1.54) is 0 Å². The molecule has 0 bridgehead atoms. The van der Waals surface area contributed by atoms with Crippen LogP contribution in [-0.2, 0) is 0 Å². The zero-order valence-electron chi connectivity index (χ0n) is 25.0. The molecule has 5 heterocycles. The van der Waals surface area contributed by atoms with Crippen molar-refractivity contribution in [1.82, 2.24) is 19.9 Å². The SMILES string of the molecule is Clc1ccnc(N2CCCN(c3nccc(Cl)c3Cl)CCCN(c3nccc(Cl)c3Cl)CCN(c3nccc(Cl)c3Cl)CCC2)c1Cl. The second-order valence-corrected chi connectivity index (χ2v) is 13.9. The van der Waals surface area contributed by atoms with E-state index in [4.69, 9.17) is 92.8 Å². The lowest BCUT2D eigenvalue weighted by Gasteiger charge is -2.31. The van der Waals surface area contributed by atoms with Gasteiger partial charge in [-0.15, -0.1) is 0 Å². The number of anilines is 4. The quantitative estimate of drug-likeness (QED) is 0.202. The normalized spacial score (nSPS) is 15.8. The first-order valence-corrected chi connectivity index (χ1v) is 17.9. The highest BCUT2D eigenvalue weighted by molar-refractivity contribution is 6.45. The van der Waals surface area contributed by atoms with Crippen molar-refractivity contribution in [2.75, 3.05) is 72.0 Å². The minimum atomic E-state index is 0.385. The Bertz CT molecular complexity index is 1560. The van der Waals surface area contributed by atoms with Crippen LogP contribution in [0.2, 0.25) is 40.2 Å². The van der Waals surface area contributed by atoms with Crippen molar-refractivity contribution in [1.29, 1.82) is 0 Å². The summed E-state index contributed by atoms with van der Waals surface area (Å²) < 4.78 is 0. The highest BCUT2D eigenvalue weighted by atomic mass is 35.5. The van der Waals surface area contributed by atoms with Gasteiger partial charge in [0.25, 0.3) is 0 Å². The molecule has 0 atom stereocenters. The van der Waals surface area contributed by atoms with Crippen molar-refractivity contribution < 1.29 is 0 Å². The molecule has 250 valence electrons. The average Bonchev–Trinajstić information content (AvgIpc) is 3.06. The zero-order chi connectivity index (χ0) is 33.5. The highest BCUT2D eigenvalue weighted by Crippen LogP contribution is 2.35. The molecule has 5 rings (SSSR count). The first-order chi connectivity index (χ1) is 22.7. The van der Waals surface area contributed by atoms with Crippen molar-refractivity contribution in [3.63, 3.8) is 0 Å². The predicted molar refractivity (Wildman–Crippen MR) is 200 cm³/mol. The van der Waals surface area contributed by atoms with Gasteiger partial charge in [0.1, 0.15) is 43.4 Å². The van der Waals surface area contributed by atoms with Crippen molar-refractivity contribution in [3.8, 4) is 0 Å². The Labute approximate surface area is 314 Å². The van der Waals surface area contributed by atoms with Crippen LogP contribution in [0.15, 0.2) is 49.1 Å². The molecule has 0 aliphatic carbocycles. The van der Waals surface area contributed by atoms with Gasteiger partial charge in [0.15, 0.2) is 0 Å². The van der Waals surface area contributed by atoms with Crippen LogP contribution in [0.5, 0.6) is 0 Å². The monoisotopic (exact) mass is 794 g/mol. The van der Waals surface area contributed by atoms with Crippen molar-refractivity contribution >= 4 is 116 Å². The Kier molecular flexibility index (Phi) is 13.3. The maximum atomic E-state index is 6.70. The van der Waals surface area contributed by atoms with Crippen molar-refractivity contribution in [2.45, 2.75) is 19.3 Å². The third-order valence-electron chi connectivity index (χ3n) is 7.70. The molecule has 0 amide bonds. The molecule has 0 N–H and O–H groups in total. The van der Waals surface area contributed by atoms with Gasteiger partial charge >= 0.3 is 0 Å². The van der Waals surface area contributed by atoms with E-state index < -0.39 is 0 Å². The Morgan fingerprint density at radius 3 is 0.787 bits per heavy atom. The number of halogens is 8. The zero-order valence-corrected chi connectivity index (χ0v) is 31.0. The molecule has 1 aliphatic rings. The summed E-state index contributed by atoms with van der Waals surface area (Å²) in [6.07, 6.45) is 8.80. The number of aromatic nitrogens is 4. The van der Waals surface area contributed by atoms with Crippen molar-refractivity contribution in [3.05, 3.63) is 89.2 Å². The van der Waals surface area contributed by atoms with Crippen LogP contribution in [0, 0.1) is 0 Å². The van der Waals surface area contributed by atoms with Gasteiger partial charge in [0.2, 0.25) is 0 Å². The van der Waals surface area contributed by atoms with Crippen LogP contribution in [0.25, 0.3) is 0 Å². The van der Waals surface area contributed by atoms with Gasteiger partial charge in [-0.05, 0) is 43.5 Å². The Balaban J connectivity index is 1.50. The smallest absolute Gasteiger partial charge is 0.148 e. The second kappa shape index (κ2) is 17.2. The number of rotatable bonds is 4. The molecule has 8 nitrogen and oxygen atoms in total. The molecule has 1 saturated heterocycles. The molecule has 0 unspecified atom stereocenters. The van der Waals surface area contributed by atoms with Crippen LogP contribution in [0.4, 0.5) is 23.3 Å². The summed E-state index contributed by atoms with van der Waals surface area (Å²) in [6.45, 7) is 4.85. The summed E-state index contributed by atoms with van der Waals surface area (Å²) in [6, 6.07) is 6.70. The number of pyridine rings is 4. The summed E-state index contributed by atoms with van der Waals surface area (Å²) in [7, 11) is 0. The first kappa shape index (κ1) is 36.4. The van der Waals surface area contributed by atoms with Gasteiger partial charge in [-0.1, -0.05) is 92.8 Å². The van der Waals surface area contributed by atoms with Gasteiger partial charge in [-0.2, -0.15) is 0 Å². The summed E-state index contributed by atoms with van der Waals surface area (Å²) in [5.74, 6) is 2.42. The van der Waals surface area contributed by atoms with E-state index in [9.17, 15) is 0 Å². The molecule has 16 heteroatoms. The number of hydrogen-bond acceptors (Lipinski definition) is 8. The lowest BCUT2D eigenvalue weighted by molar-refractivity contribution is 0.651. The lowest BCUT2D eigenvalue weighted by Crippen LogP contribution is -2.39. The number of hydrogen-bond donors (Lipinski definition) is 0. The standard InChI is InChI=1S/C31H30Cl8N8/c32-20-4-8-40-28(24(20)36)44-12-1-13-45(29-25(37)21(33)5-9-41-29)15-3-17-47(31-27(39)23(35)7-11-43-31)19-18-46(16-2-14-44)30-26(38)22(34)6-10-42-30/h4-11H,1-3,12-19H2. The molecular formula is C31H30Cl8N8. The maximum Gasteiger partial charge on any atom is 0.148 e. The summed E-state index contributed by atoms with van der Waals surface area (Å²) in [5, 5.41) is 3.31. The number of nitrogens with zero attached hydrogens (tertiary/aromatic N) is 8. The average molecular weight is 798 g/mol. The molecule has 1 fully saturated rings. The topological polar surface area (TPSA) is 64.5 Å². The molecule has 1 aliphatic heterocycles. The van der Waals surface area contributed by atoms with Gasteiger partial charge in [-0.3, -0.25) is 0 Å². The molecule has 0 radical (unpaired) electrons. The Hall–Kier alpha value is -1.88. The minimum Gasteiger partial charge on any atom is -0.355 e. The molecular weight excluding hydrogens is 768 g/mol. The fraction of sp³-hybridized carbons (Fsp3) is 0.355. The van der Waals surface area contributed by atoms with E-state index >= 15 is 0 Å². The Morgan fingerprint density at radius 2 is 0.553 bits per heavy atom. The van der Waals surface area contributed by atoms with E-state index in [1.54, 1.807) is 49.1 Å². The van der Waals surface area contributed by atoms with Crippen molar-refractivity contribution in [2.24, 2.45) is 0 Å². The van der Waals surface area contributed by atoms with Gasteiger partial charge in [-0.25, -0.2) is 19.9 Å². The highest BCUT2D eigenvalue weighted by Gasteiger charge is 2.22.